The summed E-state index contributed by atoms with van der Waals surface area (Å²) in [7, 11) is 0. The molecule has 0 aliphatic carbocycles. The largest absolute Gasteiger partial charge is 0.485 e. The zero-order chi connectivity index (χ0) is 20.9. The number of ether oxygens (including phenoxy) is 1. The first kappa shape index (κ1) is 19.2. The molecule has 0 atom stereocenters. The van der Waals surface area contributed by atoms with Crippen molar-refractivity contribution in [1.82, 2.24) is 25.0 Å². The molecule has 0 bridgehead atoms. The first-order chi connectivity index (χ1) is 14.6. The molecule has 9 heteroatoms. The second-order valence-corrected chi connectivity index (χ2v) is 6.36. The van der Waals surface area contributed by atoms with Crippen LogP contribution >= 0.6 is 0 Å². The summed E-state index contributed by atoms with van der Waals surface area (Å²) in [5, 5.41) is 10.7. The van der Waals surface area contributed by atoms with Gasteiger partial charge in [-0.15, -0.1) is 5.10 Å². The van der Waals surface area contributed by atoms with Crippen LogP contribution in [-0.4, -0.2) is 30.9 Å². The monoisotopic (exact) mass is 404 g/mol. The Labute approximate surface area is 171 Å². The molecule has 3 aromatic heterocycles. The summed E-state index contributed by atoms with van der Waals surface area (Å²) in [4.78, 5) is 20.9. The summed E-state index contributed by atoms with van der Waals surface area (Å²) in [6.45, 7) is 2.01. The van der Waals surface area contributed by atoms with Crippen LogP contribution in [0.2, 0.25) is 0 Å². The summed E-state index contributed by atoms with van der Waals surface area (Å²) in [5.41, 5.74) is 2.17. The average Bonchev–Trinajstić information content (AvgIpc) is 3.16. The molecule has 0 unspecified atom stereocenters. The zero-order valence-electron chi connectivity index (χ0n) is 16.0. The Hall–Kier alpha value is -4.14. The van der Waals surface area contributed by atoms with Crippen molar-refractivity contribution in [3.8, 4) is 11.4 Å². The topological polar surface area (TPSA) is 94.8 Å². The summed E-state index contributed by atoms with van der Waals surface area (Å²) < 4.78 is 20.4. The molecule has 0 aliphatic heterocycles. The Morgan fingerprint density at radius 1 is 1.10 bits per heavy atom. The third-order valence-electron chi connectivity index (χ3n) is 4.33. The lowest BCUT2D eigenvalue weighted by atomic mass is 10.2. The van der Waals surface area contributed by atoms with Crippen molar-refractivity contribution in [2.75, 3.05) is 5.32 Å². The van der Waals surface area contributed by atoms with Gasteiger partial charge in [0, 0.05) is 18.6 Å². The number of hydrogen-bond donors (Lipinski definition) is 1. The second-order valence-electron chi connectivity index (χ2n) is 6.36. The molecule has 4 rings (SSSR count). The van der Waals surface area contributed by atoms with Gasteiger partial charge in [-0.25, -0.2) is 14.1 Å². The molecule has 0 saturated carbocycles. The molecule has 1 aromatic carbocycles. The van der Waals surface area contributed by atoms with Gasteiger partial charge < -0.3 is 10.1 Å². The number of pyridine rings is 2. The van der Waals surface area contributed by atoms with Crippen molar-refractivity contribution in [2.24, 2.45) is 0 Å². The van der Waals surface area contributed by atoms with Gasteiger partial charge in [-0.05, 0) is 61.0 Å². The first-order valence-corrected chi connectivity index (χ1v) is 9.08. The molecule has 8 nitrogen and oxygen atoms in total. The molecule has 4 aromatic rings. The van der Waals surface area contributed by atoms with Gasteiger partial charge >= 0.3 is 0 Å². The lowest BCUT2D eigenvalue weighted by molar-refractivity contribution is 0.102. The van der Waals surface area contributed by atoms with Crippen LogP contribution in [0.15, 0.2) is 67.1 Å². The number of aromatic nitrogens is 5. The summed E-state index contributed by atoms with van der Waals surface area (Å²) in [5.74, 6) is -0.143. The zero-order valence-corrected chi connectivity index (χ0v) is 16.0. The van der Waals surface area contributed by atoms with Crippen LogP contribution in [0.25, 0.3) is 5.69 Å². The van der Waals surface area contributed by atoms with E-state index >= 15 is 0 Å². The predicted molar refractivity (Wildman–Crippen MR) is 107 cm³/mol. The van der Waals surface area contributed by atoms with Crippen molar-refractivity contribution in [2.45, 2.75) is 13.5 Å². The number of halogens is 1. The van der Waals surface area contributed by atoms with Gasteiger partial charge in [-0.3, -0.25) is 9.78 Å². The Morgan fingerprint density at radius 2 is 1.87 bits per heavy atom. The quantitative estimate of drug-likeness (QED) is 0.530. The fourth-order valence-corrected chi connectivity index (χ4v) is 2.77. The van der Waals surface area contributed by atoms with E-state index in [9.17, 15) is 9.18 Å². The van der Waals surface area contributed by atoms with E-state index in [0.717, 1.165) is 5.56 Å². The molecule has 3 heterocycles. The molecule has 1 amide bonds. The number of rotatable bonds is 6. The van der Waals surface area contributed by atoms with Crippen LogP contribution in [0.4, 0.5) is 10.2 Å². The van der Waals surface area contributed by atoms with Gasteiger partial charge in [0.15, 0.2) is 17.3 Å². The SMILES string of the molecule is Cc1c(C(=O)Nc2ncccc2OCc2ccncc2)nnn1-c1ccc(F)cc1. The van der Waals surface area contributed by atoms with Gasteiger partial charge in [0.05, 0.1) is 11.4 Å². The van der Waals surface area contributed by atoms with Gasteiger partial charge in [0.1, 0.15) is 12.4 Å². The fraction of sp³-hybridized carbons (Fsp3) is 0.0952. The maximum absolute atomic E-state index is 13.2. The van der Waals surface area contributed by atoms with Gasteiger partial charge in [-0.2, -0.15) is 0 Å². The number of amides is 1. The third-order valence-corrected chi connectivity index (χ3v) is 4.33. The number of carbonyl (C=O) groups excluding carboxylic acids is 1. The minimum absolute atomic E-state index is 0.130. The smallest absolute Gasteiger partial charge is 0.279 e. The number of hydrogen-bond acceptors (Lipinski definition) is 6. The number of nitrogens with one attached hydrogen (secondary N) is 1. The molecular weight excluding hydrogens is 387 g/mol. The van der Waals surface area contributed by atoms with Gasteiger partial charge in [0.25, 0.3) is 5.91 Å². The maximum Gasteiger partial charge on any atom is 0.279 e. The van der Waals surface area contributed by atoms with E-state index in [1.165, 1.54) is 16.8 Å². The molecule has 0 spiro atoms. The highest BCUT2D eigenvalue weighted by atomic mass is 19.1. The molecule has 0 saturated heterocycles. The average molecular weight is 404 g/mol. The van der Waals surface area contributed by atoms with E-state index in [4.69, 9.17) is 4.74 Å². The highest BCUT2D eigenvalue weighted by molar-refractivity contribution is 6.03. The third kappa shape index (κ3) is 4.14. The molecule has 1 N–H and O–H groups in total. The Balaban J connectivity index is 1.51. The molecule has 30 heavy (non-hydrogen) atoms. The summed E-state index contributed by atoms with van der Waals surface area (Å²) >= 11 is 0. The van der Waals surface area contributed by atoms with Crippen LogP contribution in [0.1, 0.15) is 21.7 Å². The molecule has 0 fully saturated rings. The maximum atomic E-state index is 13.2. The molecule has 0 aliphatic rings. The molecular formula is C21H17FN6O2. The molecule has 150 valence electrons. The first-order valence-electron chi connectivity index (χ1n) is 9.08. The molecule has 0 radical (unpaired) electrons. The van der Waals surface area contributed by atoms with E-state index in [-0.39, 0.29) is 17.3 Å². The fourth-order valence-electron chi connectivity index (χ4n) is 2.77. The predicted octanol–water partition coefficient (Wildman–Crippen LogP) is 3.34. The van der Waals surface area contributed by atoms with E-state index in [1.54, 1.807) is 49.8 Å². The van der Waals surface area contributed by atoms with Crippen molar-refractivity contribution in [1.29, 1.82) is 0 Å². The summed E-state index contributed by atoms with van der Waals surface area (Å²) in [6.07, 6.45) is 4.91. The van der Waals surface area contributed by atoms with E-state index in [1.807, 2.05) is 12.1 Å². The second kappa shape index (κ2) is 8.48. The van der Waals surface area contributed by atoms with Crippen molar-refractivity contribution < 1.29 is 13.9 Å². The highest BCUT2D eigenvalue weighted by Crippen LogP contribution is 2.23. The van der Waals surface area contributed by atoms with Crippen LogP contribution in [-0.2, 0) is 6.61 Å². The highest BCUT2D eigenvalue weighted by Gasteiger charge is 2.19. The summed E-state index contributed by atoms with van der Waals surface area (Å²) in [6, 6.07) is 12.9. The minimum Gasteiger partial charge on any atom is -0.485 e. The van der Waals surface area contributed by atoms with Crippen LogP contribution in [0, 0.1) is 12.7 Å². The van der Waals surface area contributed by atoms with Crippen LogP contribution in [0.5, 0.6) is 5.75 Å². The van der Waals surface area contributed by atoms with Crippen LogP contribution in [0.3, 0.4) is 0 Å². The lowest BCUT2D eigenvalue weighted by Gasteiger charge is -2.11. The van der Waals surface area contributed by atoms with Crippen molar-refractivity contribution in [3.63, 3.8) is 0 Å². The Kier molecular flexibility index (Phi) is 5.42. The minimum atomic E-state index is -0.478. The number of anilines is 1. The normalized spacial score (nSPS) is 10.6. The number of nitrogens with zero attached hydrogens (tertiary/aromatic N) is 5. The number of benzene rings is 1. The Bertz CT molecular complexity index is 1160. The van der Waals surface area contributed by atoms with E-state index < -0.39 is 5.91 Å². The van der Waals surface area contributed by atoms with E-state index in [2.05, 4.69) is 25.6 Å². The van der Waals surface area contributed by atoms with Crippen molar-refractivity contribution in [3.05, 3.63) is 89.9 Å². The standard InChI is InChI=1S/C21H17FN6O2/c1-14-19(26-27-28(14)17-6-4-16(22)5-7-17)21(29)25-20-18(3-2-10-24-20)30-13-15-8-11-23-12-9-15/h2-12H,13H2,1H3,(H,24,25,29). The Morgan fingerprint density at radius 3 is 2.63 bits per heavy atom. The lowest BCUT2D eigenvalue weighted by Crippen LogP contribution is -2.16. The van der Waals surface area contributed by atoms with Crippen LogP contribution < -0.4 is 10.1 Å². The van der Waals surface area contributed by atoms with E-state index in [0.29, 0.717) is 23.7 Å². The van der Waals surface area contributed by atoms with Gasteiger partial charge in [-0.1, -0.05) is 5.21 Å². The number of carbonyl (C=O) groups is 1. The van der Waals surface area contributed by atoms with Crippen molar-refractivity contribution >= 4 is 11.7 Å². The van der Waals surface area contributed by atoms with Gasteiger partial charge in [0.2, 0.25) is 0 Å².